The van der Waals surface area contributed by atoms with Gasteiger partial charge in [-0.1, -0.05) is 110 Å². The molecule has 2 N–H and O–H groups in total. The Bertz CT molecular complexity index is 1500. The van der Waals surface area contributed by atoms with Gasteiger partial charge in [0.1, 0.15) is 12.6 Å². The van der Waals surface area contributed by atoms with Gasteiger partial charge in [0.25, 0.3) is 5.91 Å². The van der Waals surface area contributed by atoms with Crippen LogP contribution in [0, 0.1) is 0 Å². The third kappa shape index (κ3) is 15.9. The van der Waals surface area contributed by atoms with Gasteiger partial charge in [-0.2, -0.15) is 0 Å². The Morgan fingerprint density at radius 1 is 0.824 bits per heavy atom. The number of carbonyl (C=O) groups excluding carboxylic acids is 5. The molecule has 1 aromatic carbocycles. The monoisotopic (exact) mass is 700 g/mol. The second-order valence-electron chi connectivity index (χ2n) is 11.8. The normalized spacial score (nSPS) is 17.4. The number of nitrogens with one attached hydrogen (secondary N) is 2. The molecule has 1 aliphatic rings. The molecule has 1 heterocycles. The van der Waals surface area contributed by atoms with Crippen molar-refractivity contribution in [1.82, 2.24) is 10.6 Å². The lowest BCUT2D eigenvalue weighted by atomic mass is 9.92. The molecule has 274 valence electrons. The SMILES string of the molecule is CC/C=C\C/C=C\C/C=C\C/C=C\C/C=C\C/C=C\CCC(=O)NCC(=O)OC(C)C(NC(=O)C1=CC(=O)C(C)(c2ccccc2)O1)C(=O)OC. The summed E-state index contributed by atoms with van der Waals surface area (Å²) in [6.07, 6.45) is 31.5. The van der Waals surface area contributed by atoms with Crippen LogP contribution in [0.4, 0.5) is 0 Å². The van der Waals surface area contributed by atoms with Gasteiger partial charge in [0.2, 0.25) is 11.7 Å². The average molecular weight is 701 g/mol. The zero-order valence-electron chi connectivity index (χ0n) is 30.2. The van der Waals surface area contributed by atoms with Crippen molar-refractivity contribution >= 4 is 29.5 Å². The highest BCUT2D eigenvalue weighted by Crippen LogP contribution is 2.34. The summed E-state index contributed by atoms with van der Waals surface area (Å²) in [7, 11) is 1.12. The van der Waals surface area contributed by atoms with Crippen molar-refractivity contribution < 1.29 is 38.2 Å². The fourth-order valence-corrected chi connectivity index (χ4v) is 4.76. The quantitative estimate of drug-likeness (QED) is 0.102. The molecule has 0 aliphatic carbocycles. The summed E-state index contributed by atoms with van der Waals surface area (Å²) in [5, 5.41) is 4.92. The summed E-state index contributed by atoms with van der Waals surface area (Å²) in [6.45, 7) is 4.65. The van der Waals surface area contributed by atoms with Gasteiger partial charge in [-0.05, 0) is 58.8 Å². The minimum atomic E-state index is -1.41. The first-order valence-electron chi connectivity index (χ1n) is 17.4. The molecule has 3 unspecified atom stereocenters. The lowest BCUT2D eigenvalue weighted by molar-refractivity contribution is -0.157. The van der Waals surface area contributed by atoms with Crippen LogP contribution in [0.1, 0.15) is 77.7 Å². The van der Waals surface area contributed by atoms with Crippen LogP contribution in [-0.4, -0.2) is 55.3 Å². The van der Waals surface area contributed by atoms with Crippen LogP contribution in [0.5, 0.6) is 0 Å². The molecule has 1 aliphatic heterocycles. The number of rotatable bonds is 22. The zero-order chi connectivity index (χ0) is 37.3. The maximum atomic E-state index is 13.0. The van der Waals surface area contributed by atoms with Crippen molar-refractivity contribution in [3.05, 3.63) is 121 Å². The van der Waals surface area contributed by atoms with E-state index in [1.165, 1.54) is 6.92 Å². The largest absolute Gasteiger partial charge is 0.469 e. The second kappa shape index (κ2) is 24.0. The Balaban J connectivity index is 1.65. The second-order valence-corrected chi connectivity index (χ2v) is 11.8. The molecule has 1 aromatic rings. The number of hydrogen-bond acceptors (Lipinski definition) is 8. The van der Waals surface area contributed by atoms with Crippen LogP contribution < -0.4 is 10.6 Å². The molecule has 10 heteroatoms. The fourth-order valence-electron chi connectivity index (χ4n) is 4.76. The molecule has 10 nitrogen and oxygen atoms in total. The van der Waals surface area contributed by atoms with Crippen molar-refractivity contribution in [1.29, 1.82) is 0 Å². The number of amides is 2. The minimum Gasteiger partial charge on any atom is -0.469 e. The van der Waals surface area contributed by atoms with Gasteiger partial charge in [0.15, 0.2) is 17.4 Å². The molecular formula is C41H52N2O8. The number of ketones is 1. The van der Waals surface area contributed by atoms with E-state index in [9.17, 15) is 24.0 Å². The van der Waals surface area contributed by atoms with E-state index in [4.69, 9.17) is 14.2 Å². The Morgan fingerprint density at radius 2 is 1.35 bits per heavy atom. The number of benzene rings is 1. The van der Waals surface area contributed by atoms with Gasteiger partial charge < -0.3 is 24.8 Å². The molecular weight excluding hydrogens is 648 g/mol. The van der Waals surface area contributed by atoms with Crippen LogP contribution in [0.3, 0.4) is 0 Å². The predicted molar refractivity (Wildman–Crippen MR) is 198 cm³/mol. The number of hydrogen-bond donors (Lipinski definition) is 2. The summed E-state index contributed by atoms with van der Waals surface area (Å²) < 4.78 is 15.8. The lowest BCUT2D eigenvalue weighted by Gasteiger charge is -2.26. The molecule has 0 fully saturated rings. The number of esters is 2. The van der Waals surface area contributed by atoms with Crippen molar-refractivity contribution in [3.63, 3.8) is 0 Å². The lowest BCUT2D eigenvalue weighted by Crippen LogP contribution is -2.50. The van der Waals surface area contributed by atoms with E-state index < -0.39 is 47.9 Å². The molecule has 2 rings (SSSR count). The summed E-state index contributed by atoms with van der Waals surface area (Å²) in [6, 6.07) is 7.28. The fraction of sp³-hybridized carbons (Fsp3) is 0.390. The van der Waals surface area contributed by atoms with E-state index >= 15 is 0 Å². The van der Waals surface area contributed by atoms with Crippen molar-refractivity contribution in [2.24, 2.45) is 0 Å². The molecule has 0 spiro atoms. The first-order valence-corrected chi connectivity index (χ1v) is 17.4. The highest BCUT2D eigenvalue weighted by Gasteiger charge is 2.44. The third-order valence-electron chi connectivity index (χ3n) is 7.69. The Morgan fingerprint density at radius 3 is 1.88 bits per heavy atom. The summed E-state index contributed by atoms with van der Waals surface area (Å²) in [4.78, 5) is 62.8. The number of carbonyl (C=O) groups is 5. The number of allylic oxidation sites excluding steroid dienone is 12. The van der Waals surface area contributed by atoms with Gasteiger partial charge in [0.05, 0.1) is 7.11 Å². The van der Waals surface area contributed by atoms with Crippen LogP contribution >= 0.6 is 0 Å². The van der Waals surface area contributed by atoms with E-state index in [-0.39, 0.29) is 18.1 Å². The Hall–Kier alpha value is -5.25. The first kappa shape index (κ1) is 41.9. The van der Waals surface area contributed by atoms with Gasteiger partial charge in [0, 0.05) is 18.1 Å². The Labute approximate surface area is 302 Å². The highest BCUT2D eigenvalue weighted by atomic mass is 16.6. The standard InChI is InChI=1S/C41H52N2O8/c1-5-6-7-8-9-10-11-12-13-14-15-16-17-18-19-20-21-22-26-29-36(45)42-31-37(46)50-32(2)38(40(48)49-4)43-39(47)34-30-35(44)41(3,51-34)33-27-24-23-25-28-33/h6-7,9-10,12-13,15-16,18-19,21-25,27-28,30,32,38H,5,8,11,14,17,20,26,29,31H2,1-4H3,(H,42,45)(H,43,47)/b7-6-,10-9-,13-12-,16-15-,19-18-,22-21-. The first-order chi connectivity index (χ1) is 24.6. The molecule has 2 amide bonds. The molecule has 0 saturated carbocycles. The van der Waals surface area contributed by atoms with Gasteiger partial charge in [-0.3, -0.25) is 19.2 Å². The number of methoxy groups -OCH3 is 1. The molecule has 0 saturated heterocycles. The predicted octanol–water partition coefficient (Wildman–Crippen LogP) is 6.57. The highest BCUT2D eigenvalue weighted by molar-refractivity contribution is 6.08. The smallest absolute Gasteiger partial charge is 0.332 e. The van der Waals surface area contributed by atoms with Crippen molar-refractivity contribution in [2.45, 2.75) is 89.9 Å². The van der Waals surface area contributed by atoms with Gasteiger partial charge >= 0.3 is 11.9 Å². The van der Waals surface area contributed by atoms with Crippen LogP contribution in [0.25, 0.3) is 0 Å². The van der Waals surface area contributed by atoms with Crippen LogP contribution in [-0.2, 0) is 43.8 Å². The average Bonchev–Trinajstić information content (AvgIpc) is 3.45. The third-order valence-corrected chi connectivity index (χ3v) is 7.69. The Kier molecular flexibility index (Phi) is 19.7. The molecule has 0 radical (unpaired) electrons. The van der Waals surface area contributed by atoms with Gasteiger partial charge in [-0.15, -0.1) is 0 Å². The van der Waals surface area contributed by atoms with E-state index in [1.54, 1.807) is 37.3 Å². The summed E-state index contributed by atoms with van der Waals surface area (Å²) >= 11 is 0. The summed E-state index contributed by atoms with van der Waals surface area (Å²) in [5.41, 5.74) is -0.850. The van der Waals surface area contributed by atoms with E-state index in [2.05, 4.69) is 78.3 Å². The topological polar surface area (TPSA) is 137 Å². The van der Waals surface area contributed by atoms with Gasteiger partial charge in [-0.25, -0.2) is 4.79 Å². The molecule has 0 bridgehead atoms. The minimum absolute atomic E-state index is 0.182. The number of ether oxygens (including phenoxy) is 3. The van der Waals surface area contributed by atoms with E-state index in [0.29, 0.717) is 12.0 Å². The maximum Gasteiger partial charge on any atom is 0.332 e. The maximum absolute atomic E-state index is 13.0. The van der Waals surface area contributed by atoms with Crippen LogP contribution in [0.15, 0.2) is 115 Å². The van der Waals surface area contributed by atoms with Crippen LogP contribution in [0.2, 0.25) is 0 Å². The molecule has 0 aromatic heterocycles. The molecule has 3 atom stereocenters. The summed E-state index contributed by atoms with van der Waals surface area (Å²) in [5.74, 6) is -3.62. The van der Waals surface area contributed by atoms with Crippen molar-refractivity contribution in [3.8, 4) is 0 Å². The van der Waals surface area contributed by atoms with Crippen molar-refractivity contribution in [2.75, 3.05) is 13.7 Å². The zero-order valence-corrected chi connectivity index (χ0v) is 30.2. The van der Waals surface area contributed by atoms with E-state index in [1.807, 2.05) is 12.2 Å². The van der Waals surface area contributed by atoms with E-state index in [0.717, 1.165) is 51.7 Å². The molecule has 51 heavy (non-hydrogen) atoms.